The lowest BCUT2D eigenvalue weighted by atomic mass is 10.1. The Bertz CT molecular complexity index is 1100. The molecule has 0 fully saturated rings. The number of carbonyl (C=O) groups is 2. The van der Waals surface area contributed by atoms with Crippen molar-refractivity contribution in [3.63, 3.8) is 0 Å². The molecule has 3 aromatic carbocycles. The van der Waals surface area contributed by atoms with Crippen LogP contribution in [-0.2, 0) is 9.59 Å². The van der Waals surface area contributed by atoms with E-state index in [0.29, 0.717) is 16.3 Å². The topological polar surface area (TPSA) is 82.6 Å². The number of hydrazone groups is 1. The van der Waals surface area contributed by atoms with E-state index < -0.39 is 17.6 Å². The average molecular weight is 425 g/mol. The Morgan fingerprint density at radius 2 is 1.73 bits per heavy atom. The molecule has 0 bridgehead atoms. The van der Waals surface area contributed by atoms with Gasteiger partial charge in [0.05, 0.1) is 6.21 Å². The first-order valence-electron chi connectivity index (χ1n) is 8.94. The lowest BCUT2D eigenvalue weighted by Gasteiger charge is -2.10. The van der Waals surface area contributed by atoms with Crippen LogP contribution in [0.4, 0.5) is 21.5 Å². The van der Waals surface area contributed by atoms with E-state index in [9.17, 15) is 14.0 Å². The molecule has 0 saturated carbocycles. The van der Waals surface area contributed by atoms with Gasteiger partial charge in [0.15, 0.2) is 0 Å². The number of hydrogen-bond acceptors (Lipinski definition) is 4. The third-order valence-electron chi connectivity index (χ3n) is 4.00. The van der Waals surface area contributed by atoms with Gasteiger partial charge in [-0.2, -0.15) is 5.10 Å². The zero-order chi connectivity index (χ0) is 21.5. The summed E-state index contributed by atoms with van der Waals surface area (Å²) < 4.78 is 13.2. The summed E-state index contributed by atoms with van der Waals surface area (Å²) in [5.41, 5.74) is 5.63. The maximum Gasteiger partial charge on any atom is 0.329 e. The van der Waals surface area contributed by atoms with Crippen molar-refractivity contribution in [3.05, 3.63) is 88.7 Å². The standard InChI is InChI=1S/C22H18ClFN4O2/c1-14-5-8-18(9-6-14)26-20-10-7-16(23)11-15(20)13-25-28-22(30)21(29)27-19-4-2-3-17(24)12-19/h2-13,26H,1H3,(H,27,29)(H,28,30)/b25-13-. The van der Waals surface area contributed by atoms with Gasteiger partial charge in [-0.15, -0.1) is 0 Å². The molecule has 3 N–H and O–H groups in total. The first kappa shape index (κ1) is 21.0. The van der Waals surface area contributed by atoms with E-state index in [-0.39, 0.29) is 5.69 Å². The third-order valence-corrected chi connectivity index (χ3v) is 4.24. The summed E-state index contributed by atoms with van der Waals surface area (Å²) in [6.45, 7) is 2.00. The van der Waals surface area contributed by atoms with Gasteiger partial charge >= 0.3 is 11.8 Å². The summed E-state index contributed by atoms with van der Waals surface area (Å²) in [4.78, 5) is 23.8. The molecule has 3 rings (SSSR count). The van der Waals surface area contributed by atoms with E-state index in [1.807, 2.05) is 31.2 Å². The van der Waals surface area contributed by atoms with Gasteiger partial charge in [0.1, 0.15) is 5.82 Å². The van der Waals surface area contributed by atoms with Crippen LogP contribution in [0.25, 0.3) is 0 Å². The van der Waals surface area contributed by atoms with Crippen LogP contribution in [0, 0.1) is 12.7 Å². The average Bonchev–Trinajstić information content (AvgIpc) is 2.71. The predicted octanol–water partition coefficient (Wildman–Crippen LogP) is 4.62. The maximum absolute atomic E-state index is 13.2. The molecule has 0 atom stereocenters. The maximum atomic E-state index is 13.2. The number of nitrogens with one attached hydrogen (secondary N) is 3. The number of amides is 2. The second-order valence-corrected chi connectivity index (χ2v) is 6.82. The fourth-order valence-corrected chi connectivity index (χ4v) is 2.69. The summed E-state index contributed by atoms with van der Waals surface area (Å²) in [7, 11) is 0. The number of anilines is 3. The van der Waals surface area contributed by atoms with Crippen LogP contribution in [0.5, 0.6) is 0 Å². The van der Waals surface area contributed by atoms with Gasteiger partial charge in [-0.1, -0.05) is 35.4 Å². The molecule has 0 radical (unpaired) electrons. The molecule has 30 heavy (non-hydrogen) atoms. The highest BCUT2D eigenvalue weighted by molar-refractivity contribution is 6.39. The Hall–Kier alpha value is -3.71. The Kier molecular flexibility index (Phi) is 6.77. The molecule has 152 valence electrons. The van der Waals surface area contributed by atoms with Gasteiger partial charge in [0.25, 0.3) is 0 Å². The van der Waals surface area contributed by atoms with Crippen LogP contribution in [0.15, 0.2) is 71.8 Å². The van der Waals surface area contributed by atoms with Gasteiger partial charge in [-0.25, -0.2) is 9.82 Å². The molecular weight excluding hydrogens is 407 g/mol. The third kappa shape index (κ3) is 5.89. The van der Waals surface area contributed by atoms with Crippen molar-refractivity contribution >= 4 is 46.7 Å². The summed E-state index contributed by atoms with van der Waals surface area (Å²) in [6, 6.07) is 18.2. The number of carbonyl (C=O) groups excluding carboxylic acids is 2. The van der Waals surface area contributed by atoms with Crippen molar-refractivity contribution in [2.75, 3.05) is 10.6 Å². The summed E-state index contributed by atoms with van der Waals surface area (Å²) >= 11 is 6.06. The Morgan fingerprint density at radius 3 is 2.47 bits per heavy atom. The molecule has 0 aliphatic carbocycles. The molecule has 8 heteroatoms. The zero-order valence-electron chi connectivity index (χ0n) is 15.9. The number of halogens is 2. The number of benzene rings is 3. The molecule has 3 aromatic rings. The number of hydrogen-bond donors (Lipinski definition) is 3. The minimum atomic E-state index is -0.995. The number of aryl methyl sites for hydroxylation is 1. The van der Waals surface area contributed by atoms with E-state index in [1.165, 1.54) is 24.4 Å². The Labute approximate surface area is 177 Å². The molecule has 6 nitrogen and oxygen atoms in total. The Morgan fingerprint density at radius 1 is 0.967 bits per heavy atom. The largest absolute Gasteiger partial charge is 0.355 e. The molecule has 0 aliphatic heterocycles. The first-order valence-corrected chi connectivity index (χ1v) is 9.32. The van der Waals surface area contributed by atoms with Gasteiger partial charge in [0.2, 0.25) is 0 Å². The van der Waals surface area contributed by atoms with Crippen LogP contribution < -0.4 is 16.1 Å². The molecule has 0 unspecified atom stereocenters. The predicted molar refractivity (Wildman–Crippen MR) is 117 cm³/mol. The molecule has 0 saturated heterocycles. The van der Waals surface area contributed by atoms with E-state index in [0.717, 1.165) is 17.3 Å². The van der Waals surface area contributed by atoms with Gasteiger partial charge in [-0.05, 0) is 55.5 Å². The lowest BCUT2D eigenvalue weighted by molar-refractivity contribution is -0.136. The van der Waals surface area contributed by atoms with Gasteiger partial charge in [0, 0.05) is 27.6 Å². The van der Waals surface area contributed by atoms with Crippen LogP contribution in [0.3, 0.4) is 0 Å². The summed E-state index contributed by atoms with van der Waals surface area (Å²) in [5, 5.41) is 9.85. The van der Waals surface area contributed by atoms with Crippen molar-refractivity contribution < 1.29 is 14.0 Å². The van der Waals surface area contributed by atoms with Gasteiger partial charge in [-0.3, -0.25) is 9.59 Å². The molecule has 0 aromatic heterocycles. The SMILES string of the molecule is Cc1ccc(Nc2ccc(Cl)cc2/C=N\NC(=O)C(=O)Nc2cccc(F)c2)cc1. The highest BCUT2D eigenvalue weighted by atomic mass is 35.5. The monoisotopic (exact) mass is 424 g/mol. The highest BCUT2D eigenvalue weighted by Crippen LogP contribution is 2.23. The van der Waals surface area contributed by atoms with Crippen molar-refractivity contribution in [1.82, 2.24) is 5.43 Å². The summed E-state index contributed by atoms with van der Waals surface area (Å²) in [6.07, 6.45) is 1.37. The quantitative estimate of drug-likeness (QED) is 0.317. The molecule has 2 amide bonds. The molecule has 0 heterocycles. The summed E-state index contributed by atoms with van der Waals surface area (Å²) in [5.74, 6) is -2.49. The van der Waals surface area contributed by atoms with Crippen LogP contribution in [-0.4, -0.2) is 18.0 Å². The normalized spacial score (nSPS) is 10.6. The fourth-order valence-electron chi connectivity index (χ4n) is 2.51. The van der Waals surface area contributed by atoms with E-state index >= 15 is 0 Å². The van der Waals surface area contributed by atoms with Gasteiger partial charge < -0.3 is 10.6 Å². The van der Waals surface area contributed by atoms with Crippen LogP contribution in [0.1, 0.15) is 11.1 Å². The smallest absolute Gasteiger partial charge is 0.329 e. The van der Waals surface area contributed by atoms with Crippen molar-refractivity contribution in [2.24, 2.45) is 5.10 Å². The zero-order valence-corrected chi connectivity index (χ0v) is 16.7. The second-order valence-electron chi connectivity index (χ2n) is 6.39. The molecular formula is C22H18ClFN4O2. The molecule has 0 spiro atoms. The van der Waals surface area contributed by atoms with Crippen molar-refractivity contribution in [1.29, 1.82) is 0 Å². The number of rotatable bonds is 5. The fraction of sp³-hybridized carbons (Fsp3) is 0.0455. The van der Waals surface area contributed by atoms with E-state index in [1.54, 1.807) is 18.2 Å². The molecule has 0 aliphatic rings. The first-order chi connectivity index (χ1) is 14.4. The van der Waals surface area contributed by atoms with E-state index in [2.05, 4.69) is 21.2 Å². The minimum absolute atomic E-state index is 0.165. The highest BCUT2D eigenvalue weighted by Gasteiger charge is 2.13. The van der Waals surface area contributed by atoms with Crippen LogP contribution >= 0.6 is 11.6 Å². The Balaban J connectivity index is 1.66. The van der Waals surface area contributed by atoms with E-state index in [4.69, 9.17) is 11.6 Å². The number of nitrogens with zero attached hydrogens (tertiary/aromatic N) is 1. The second kappa shape index (κ2) is 9.67. The minimum Gasteiger partial charge on any atom is -0.355 e. The van der Waals surface area contributed by atoms with Crippen molar-refractivity contribution in [2.45, 2.75) is 6.92 Å². The lowest BCUT2D eigenvalue weighted by Crippen LogP contribution is -2.32. The van der Waals surface area contributed by atoms with Crippen molar-refractivity contribution in [3.8, 4) is 0 Å². The van der Waals surface area contributed by atoms with Crippen LogP contribution in [0.2, 0.25) is 5.02 Å².